The molecule has 1 saturated carbocycles. The van der Waals surface area contributed by atoms with E-state index in [-0.39, 0.29) is 27.8 Å². The van der Waals surface area contributed by atoms with Crippen molar-refractivity contribution in [1.82, 2.24) is 10.3 Å². The van der Waals surface area contributed by atoms with E-state index in [1.807, 2.05) is 0 Å². The van der Waals surface area contributed by atoms with Crippen molar-refractivity contribution >= 4 is 38.9 Å². The van der Waals surface area contributed by atoms with Crippen molar-refractivity contribution in [3.8, 4) is 0 Å². The van der Waals surface area contributed by atoms with Crippen molar-refractivity contribution in [2.24, 2.45) is 0 Å². The molecule has 0 saturated heterocycles. The molecule has 112 valence electrons. The van der Waals surface area contributed by atoms with E-state index in [9.17, 15) is 13.2 Å². The van der Waals surface area contributed by atoms with Gasteiger partial charge in [-0.3, -0.25) is 4.79 Å². The molecule has 1 fully saturated rings. The van der Waals surface area contributed by atoms with E-state index < -0.39 is 15.1 Å². The van der Waals surface area contributed by atoms with Gasteiger partial charge in [0.05, 0.1) is 10.3 Å². The maximum atomic E-state index is 12.1. The van der Waals surface area contributed by atoms with Gasteiger partial charge in [-0.2, -0.15) is 0 Å². The first-order chi connectivity index (χ1) is 9.29. The van der Waals surface area contributed by atoms with Gasteiger partial charge in [-0.25, -0.2) is 8.42 Å². The Labute approximate surface area is 127 Å². The first kappa shape index (κ1) is 15.7. The van der Waals surface area contributed by atoms with Crippen molar-refractivity contribution in [2.45, 2.75) is 37.0 Å². The monoisotopic (exact) mass is 338 g/mol. The van der Waals surface area contributed by atoms with Crippen molar-refractivity contribution in [3.05, 3.63) is 21.9 Å². The molecule has 1 aromatic heterocycles. The number of sulfone groups is 1. The lowest BCUT2D eigenvalue weighted by molar-refractivity contribution is 0.0924. The summed E-state index contributed by atoms with van der Waals surface area (Å²) in [6.45, 7) is 0. The average molecular weight is 339 g/mol. The number of aromatic amines is 1. The van der Waals surface area contributed by atoms with Gasteiger partial charge in [-0.15, -0.1) is 0 Å². The fraction of sp³-hybridized carbons (Fsp3) is 0.583. The van der Waals surface area contributed by atoms with Gasteiger partial charge in [0.1, 0.15) is 10.8 Å². The summed E-state index contributed by atoms with van der Waals surface area (Å²) in [5.74, 6) is -0.389. The molecular formula is C12H16Cl2N2O3S. The van der Waals surface area contributed by atoms with Crippen molar-refractivity contribution < 1.29 is 13.2 Å². The number of carbonyl (C=O) groups is 1. The Hall–Kier alpha value is -0.720. The predicted octanol–water partition coefficient (Wildman–Crippen LogP) is 2.41. The van der Waals surface area contributed by atoms with Gasteiger partial charge >= 0.3 is 0 Å². The Bertz CT molecular complexity index is 593. The van der Waals surface area contributed by atoms with Crippen LogP contribution in [0.4, 0.5) is 0 Å². The van der Waals surface area contributed by atoms with Crippen molar-refractivity contribution in [3.63, 3.8) is 0 Å². The molecule has 2 atom stereocenters. The van der Waals surface area contributed by atoms with Gasteiger partial charge in [0.15, 0.2) is 9.84 Å². The predicted molar refractivity (Wildman–Crippen MR) is 79.2 cm³/mol. The largest absolute Gasteiger partial charge is 0.347 e. The van der Waals surface area contributed by atoms with Crippen LogP contribution in [0.3, 0.4) is 0 Å². The molecule has 2 rings (SSSR count). The summed E-state index contributed by atoms with van der Waals surface area (Å²) in [5, 5.41) is 2.70. The number of nitrogens with one attached hydrogen (secondary N) is 2. The van der Waals surface area contributed by atoms with Crippen LogP contribution in [0.25, 0.3) is 0 Å². The summed E-state index contributed by atoms with van der Waals surface area (Å²) in [6.07, 6.45) is 4.22. The summed E-state index contributed by atoms with van der Waals surface area (Å²) in [5.41, 5.74) is 0.234. The fourth-order valence-corrected chi connectivity index (χ4v) is 4.26. The van der Waals surface area contributed by atoms with E-state index in [1.165, 1.54) is 12.3 Å². The quantitative estimate of drug-likeness (QED) is 0.888. The third kappa shape index (κ3) is 3.48. The maximum absolute atomic E-state index is 12.1. The summed E-state index contributed by atoms with van der Waals surface area (Å²) >= 11 is 11.5. The molecular weight excluding hydrogens is 323 g/mol. The SMILES string of the molecule is CS(=O)(=O)[C@@H]1CCCC[C@H]1NC(=O)c1cc(Cl)c(Cl)[nH]1. The van der Waals surface area contributed by atoms with E-state index in [0.29, 0.717) is 12.8 Å². The van der Waals surface area contributed by atoms with Gasteiger partial charge in [-0.1, -0.05) is 36.0 Å². The van der Waals surface area contributed by atoms with E-state index in [0.717, 1.165) is 12.8 Å². The number of rotatable bonds is 3. The average Bonchev–Trinajstić information content (AvgIpc) is 2.69. The number of amides is 1. The second-order valence-corrected chi connectivity index (χ2v) is 8.13. The normalized spacial score (nSPS) is 23.6. The molecule has 1 aromatic rings. The molecule has 0 bridgehead atoms. The topological polar surface area (TPSA) is 79.0 Å². The molecule has 0 aliphatic heterocycles. The number of aromatic nitrogens is 1. The number of H-pyrrole nitrogens is 1. The lowest BCUT2D eigenvalue weighted by atomic mass is 9.95. The first-order valence-corrected chi connectivity index (χ1v) is 9.04. The number of carbonyl (C=O) groups excluding carboxylic acids is 1. The Morgan fingerprint density at radius 2 is 2.00 bits per heavy atom. The third-order valence-electron chi connectivity index (χ3n) is 3.54. The number of hydrogen-bond acceptors (Lipinski definition) is 3. The Kier molecular flexibility index (Phi) is 4.66. The van der Waals surface area contributed by atoms with Crippen LogP contribution in [0.2, 0.25) is 10.2 Å². The highest BCUT2D eigenvalue weighted by Gasteiger charge is 2.34. The zero-order valence-corrected chi connectivity index (χ0v) is 13.3. The molecule has 1 amide bonds. The lowest BCUT2D eigenvalue weighted by Gasteiger charge is -2.30. The van der Waals surface area contributed by atoms with Gasteiger partial charge < -0.3 is 10.3 Å². The number of hydrogen-bond donors (Lipinski definition) is 2. The zero-order valence-electron chi connectivity index (χ0n) is 10.9. The first-order valence-electron chi connectivity index (χ1n) is 6.33. The lowest BCUT2D eigenvalue weighted by Crippen LogP contribution is -2.48. The molecule has 0 aromatic carbocycles. The molecule has 20 heavy (non-hydrogen) atoms. The van der Waals surface area contributed by atoms with Crippen LogP contribution in [0, 0.1) is 0 Å². The minimum absolute atomic E-state index is 0.195. The van der Waals surface area contributed by atoms with Crippen LogP contribution in [0.5, 0.6) is 0 Å². The van der Waals surface area contributed by atoms with Gasteiger partial charge in [-0.05, 0) is 18.9 Å². The fourth-order valence-electron chi connectivity index (χ4n) is 2.55. The van der Waals surface area contributed by atoms with Crippen LogP contribution in [0.1, 0.15) is 36.2 Å². The Morgan fingerprint density at radius 1 is 1.35 bits per heavy atom. The highest BCUT2D eigenvalue weighted by Crippen LogP contribution is 2.25. The molecule has 8 heteroatoms. The molecule has 2 N–H and O–H groups in total. The molecule has 0 spiro atoms. The number of halogens is 2. The summed E-state index contributed by atoms with van der Waals surface area (Å²) in [4.78, 5) is 14.8. The minimum atomic E-state index is -3.18. The van der Waals surface area contributed by atoms with E-state index >= 15 is 0 Å². The van der Waals surface area contributed by atoms with Crippen LogP contribution < -0.4 is 5.32 Å². The molecule has 0 radical (unpaired) electrons. The molecule has 5 nitrogen and oxygen atoms in total. The Morgan fingerprint density at radius 3 is 2.55 bits per heavy atom. The maximum Gasteiger partial charge on any atom is 0.268 e. The summed E-state index contributed by atoms with van der Waals surface area (Å²) in [6, 6.07) is 1.06. The van der Waals surface area contributed by atoms with E-state index in [2.05, 4.69) is 10.3 Å². The summed E-state index contributed by atoms with van der Waals surface area (Å²) in [7, 11) is -3.18. The van der Waals surface area contributed by atoms with Crippen LogP contribution >= 0.6 is 23.2 Å². The second-order valence-electron chi connectivity index (χ2n) is 5.08. The zero-order chi connectivity index (χ0) is 14.9. The van der Waals surface area contributed by atoms with E-state index in [1.54, 1.807) is 0 Å². The van der Waals surface area contributed by atoms with Gasteiger partial charge in [0.2, 0.25) is 0 Å². The molecule has 1 aliphatic carbocycles. The minimum Gasteiger partial charge on any atom is -0.347 e. The highest BCUT2D eigenvalue weighted by atomic mass is 35.5. The van der Waals surface area contributed by atoms with Crippen molar-refractivity contribution in [2.75, 3.05) is 6.26 Å². The molecule has 1 aliphatic rings. The molecule has 0 unspecified atom stereocenters. The van der Waals surface area contributed by atoms with Crippen LogP contribution in [0.15, 0.2) is 6.07 Å². The smallest absolute Gasteiger partial charge is 0.268 e. The molecule has 1 heterocycles. The van der Waals surface area contributed by atoms with Gasteiger partial charge in [0.25, 0.3) is 5.91 Å². The van der Waals surface area contributed by atoms with Crippen molar-refractivity contribution in [1.29, 1.82) is 0 Å². The standard InChI is InChI=1S/C12H16Cl2N2O3S/c1-20(18,19)10-5-3-2-4-8(10)16-12(17)9-6-7(13)11(14)15-9/h6,8,10,15H,2-5H2,1H3,(H,16,17)/t8-,10-/m1/s1. The van der Waals surface area contributed by atoms with E-state index in [4.69, 9.17) is 23.2 Å². The van der Waals surface area contributed by atoms with Crippen LogP contribution in [-0.2, 0) is 9.84 Å². The van der Waals surface area contributed by atoms with Gasteiger partial charge in [0, 0.05) is 12.3 Å². The van der Waals surface area contributed by atoms with Crippen LogP contribution in [-0.4, -0.2) is 36.9 Å². The summed E-state index contributed by atoms with van der Waals surface area (Å²) < 4.78 is 23.5. The highest BCUT2D eigenvalue weighted by molar-refractivity contribution is 7.91. The third-order valence-corrected chi connectivity index (χ3v) is 5.90. The Balaban J connectivity index is 2.13. The second kappa shape index (κ2) is 5.95.